The summed E-state index contributed by atoms with van der Waals surface area (Å²) in [5.74, 6) is 0. The van der Waals surface area contributed by atoms with E-state index in [1.807, 2.05) is 0 Å². The third-order valence-electron chi connectivity index (χ3n) is 5.25. The monoisotopic (exact) mass is 360 g/mol. The van der Waals surface area contributed by atoms with Crippen LogP contribution in [0, 0.1) is 0 Å². The van der Waals surface area contributed by atoms with E-state index < -0.39 is 0 Å². The Kier molecular flexibility index (Phi) is 6.34. The first kappa shape index (κ1) is 19.6. The Labute approximate surface area is 164 Å². The molecule has 1 unspecified atom stereocenters. The zero-order valence-electron chi connectivity index (χ0n) is 17.2. The number of rotatable bonds is 6. The topological polar surface area (TPSA) is 9.23 Å². The largest absolute Gasteiger partial charge is 0.363 e. The Morgan fingerprint density at radius 1 is 0.852 bits per heavy atom. The van der Waals surface area contributed by atoms with Crippen molar-refractivity contribution in [1.82, 2.24) is 0 Å². The first-order valence-corrected chi connectivity index (χ1v) is 10.3. The fraction of sp³-hybridized carbons (Fsp3) is 0.385. The van der Waals surface area contributed by atoms with Crippen molar-refractivity contribution in [3.8, 4) is 0 Å². The molecule has 0 spiro atoms. The number of allylic oxidation sites excluding steroid dienone is 1. The summed E-state index contributed by atoms with van der Waals surface area (Å²) in [4.78, 5) is 0. The fourth-order valence-corrected chi connectivity index (χ4v) is 4.11. The summed E-state index contributed by atoms with van der Waals surface area (Å²) in [5, 5.41) is 0. The molecular weight excluding hydrogens is 328 g/mol. The van der Waals surface area contributed by atoms with Crippen LogP contribution in [0.4, 0.5) is 0 Å². The summed E-state index contributed by atoms with van der Waals surface area (Å²) < 4.78 is 6.72. The van der Waals surface area contributed by atoms with Gasteiger partial charge in [0, 0.05) is 0 Å². The van der Waals surface area contributed by atoms with Gasteiger partial charge in [-0.05, 0) is 54.5 Å². The molecule has 0 bridgehead atoms. The molecular formula is C26H32O. The molecule has 0 N–H and O–H groups in total. The summed E-state index contributed by atoms with van der Waals surface area (Å²) in [6.07, 6.45) is 6.97. The van der Waals surface area contributed by atoms with E-state index in [0.717, 1.165) is 25.7 Å². The van der Waals surface area contributed by atoms with Crippen molar-refractivity contribution < 1.29 is 4.74 Å². The number of hydrogen-bond acceptors (Lipinski definition) is 1. The van der Waals surface area contributed by atoms with E-state index >= 15 is 0 Å². The van der Waals surface area contributed by atoms with E-state index in [0.29, 0.717) is 0 Å². The second-order valence-corrected chi connectivity index (χ2v) is 7.84. The van der Waals surface area contributed by atoms with E-state index in [2.05, 4.69) is 94.4 Å². The summed E-state index contributed by atoms with van der Waals surface area (Å²) in [5.41, 5.74) is 6.22. The van der Waals surface area contributed by atoms with Gasteiger partial charge in [-0.2, -0.15) is 0 Å². The van der Waals surface area contributed by atoms with E-state index in [1.54, 1.807) is 0 Å². The highest BCUT2D eigenvalue weighted by Gasteiger charge is 2.39. The number of benzene rings is 2. The maximum absolute atomic E-state index is 6.72. The minimum Gasteiger partial charge on any atom is -0.363 e. The van der Waals surface area contributed by atoms with Gasteiger partial charge < -0.3 is 4.74 Å². The van der Waals surface area contributed by atoms with Gasteiger partial charge in [-0.15, -0.1) is 0 Å². The predicted molar refractivity (Wildman–Crippen MR) is 117 cm³/mol. The van der Waals surface area contributed by atoms with Crippen LogP contribution in [0.2, 0.25) is 0 Å². The normalized spacial score (nSPS) is 20.9. The maximum Gasteiger partial charge on any atom is 0.0895 e. The summed E-state index contributed by atoms with van der Waals surface area (Å²) in [6.45, 7) is 8.92. The molecule has 27 heavy (non-hydrogen) atoms. The predicted octanol–water partition coefficient (Wildman–Crippen LogP) is 7.30. The third kappa shape index (κ3) is 4.25. The molecule has 0 saturated heterocycles. The smallest absolute Gasteiger partial charge is 0.0895 e. The van der Waals surface area contributed by atoms with Crippen LogP contribution in [0.3, 0.4) is 0 Å². The van der Waals surface area contributed by atoms with Crippen molar-refractivity contribution in [2.24, 2.45) is 0 Å². The molecule has 1 heterocycles. The minimum absolute atomic E-state index is 0.152. The number of ether oxygens (including phenoxy) is 1. The average molecular weight is 361 g/mol. The van der Waals surface area contributed by atoms with Crippen LogP contribution >= 0.6 is 0 Å². The van der Waals surface area contributed by atoms with Crippen molar-refractivity contribution in [1.29, 1.82) is 0 Å². The quantitative estimate of drug-likeness (QED) is 0.525. The maximum atomic E-state index is 6.72. The Morgan fingerprint density at radius 2 is 1.44 bits per heavy atom. The van der Waals surface area contributed by atoms with Gasteiger partial charge >= 0.3 is 0 Å². The first-order chi connectivity index (χ1) is 13.1. The van der Waals surface area contributed by atoms with Crippen LogP contribution in [0.15, 0.2) is 72.3 Å². The van der Waals surface area contributed by atoms with Crippen LogP contribution in [-0.2, 0) is 4.74 Å². The highest BCUT2D eigenvalue weighted by atomic mass is 16.5. The molecule has 1 aliphatic heterocycles. The average Bonchev–Trinajstić information content (AvgIpc) is 2.68. The Balaban J connectivity index is 2.31. The summed E-state index contributed by atoms with van der Waals surface area (Å²) in [7, 11) is 0. The Bertz CT molecular complexity index is 797. The van der Waals surface area contributed by atoms with Crippen LogP contribution in [0.5, 0.6) is 0 Å². The van der Waals surface area contributed by atoms with Crippen LogP contribution in [0.25, 0.3) is 11.1 Å². The lowest BCUT2D eigenvalue weighted by Crippen LogP contribution is -2.38. The lowest BCUT2D eigenvalue weighted by molar-refractivity contribution is -0.0226. The highest BCUT2D eigenvalue weighted by molar-refractivity contribution is 6.02. The van der Waals surface area contributed by atoms with Gasteiger partial charge in [0.05, 0.1) is 11.7 Å². The molecule has 3 rings (SSSR count). The lowest BCUT2D eigenvalue weighted by atomic mass is 9.76. The molecule has 0 fully saturated rings. The van der Waals surface area contributed by atoms with Gasteiger partial charge in [-0.3, -0.25) is 0 Å². The van der Waals surface area contributed by atoms with E-state index in [9.17, 15) is 0 Å². The lowest BCUT2D eigenvalue weighted by Gasteiger charge is -2.42. The van der Waals surface area contributed by atoms with Crippen molar-refractivity contribution in [2.45, 2.75) is 65.1 Å². The van der Waals surface area contributed by atoms with Crippen LogP contribution in [0.1, 0.15) is 64.5 Å². The molecule has 2 aromatic rings. The molecule has 1 atom stereocenters. The molecule has 0 aliphatic carbocycles. The van der Waals surface area contributed by atoms with Crippen molar-refractivity contribution in [3.05, 3.63) is 83.4 Å². The molecule has 1 aliphatic rings. The van der Waals surface area contributed by atoms with Gasteiger partial charge in [0.25, 0.3) is 0 Å². The molecule has 0 amide bonds. The van der Waals surface area contributed by atoms with E-state index in [1.165, 1.54) is 27.8 Å². The fourth-order valence-electron chi connectivity index (χ4n) is 4.11. The standard InChI is InChI=1S/C26H32O/c1-5-7-19-22-23(14-6-2)27-26(3,4)25(21-17-12-9-13-18-21)24(22)20-15-10-8-11-16-20/h8-13,15-19,23H,5-7,14H2,1-4H3/b22-19+. The first-order valence-electron chi connectivity index (χ1n) is 10.3. The number of hydrogen-bond donors (Lipinski definition) is 0. The van der Waals surface area contributed by atoms with Gasteiger partial charge in [0.15, 0.2) is 0 Å². The van der Waals surface area contributed by atoms with Gasteiger partial charge in [0.1, 0.15) is 0 Å². The van der Waals surface area contributed by atoms with Crippen molar-refractivity contribution in [3.63, 3.8) is 0 Å². The van der Waals surface area contributed by atoms with Crippen LogP contribution < -0.4 is 0 Å². The SMILES string of the molecule is CCC/C=C1/C(c2ccccc2)=C(c2ccccc2)C(C)(C)OC1CCC. The Hall–Kier alpha value is -2.12. The zero-order chi connectivity index (χ0) is 19.3. The second kappa shape index (κ2) is 8.71. The van der Waals surface area contributed by atoms with Gasteiger partial charge in [-0.1, -0.05) is 93.4 Å². The highest BCUT2D eigenvalue weighted by Crippen LogP contribution is 2.47. The summed E-state index contributed by atoms with van der Waals surface area (Å²) >= 11 is 0. The van der Waals surface area contributed by atoms with E-state index in [4.69, 9.17) is 4.74 Å². The van der Waals surface area contributed by atoms with Crippen molar-refractivity contribution in [2.75, 3.05) is 0 Å². The van der Waals surface area contributed by atoms with Gasteiger partial charge in [-0.25, -0.2) is 0 Å². The molecule has 142 valence electrons. The molecule has 0 aromatic heterocycles. The molecule has 0 radical (unpaired) electrons. The molecule has 0 saturated carbocycles. The van der Waals surface area contributed by atoms with Crippen LogP contribution in [-0.4, -0.2) is 11.7 Å². The molecule has 1 nitrogen and oxygen atoms in total. The number of unbranched alkanes of at least 4 members (excludes halogenated alkanes) is 1. The third-order valence-corrected chi connectivity index (χ3v) is 5.25. The minimum atomic E-state index is -0.337. The van der Waals surface area contributed by atoms with Crippen molar-refractivity contribution >= 4 is 11.1 Å². The van der Waals surface area contributed by atoms with E-state index in [-0.39, 0.29) is 11.7 Å². The summed E-state index contributed by atoms with van der Waals surface area (Å²) in [6, 6.07) is 21.6. The molecule has 2 aromatic carbocycles. The van der Waals surface area contributed by atoms with Gasteiger partial charge in [0.2, 0.25) is 0 Å². The molecule has 1 heteroatoms. The second-order valence-electron chi connectivity index (χ2n) is 7.84. The Morgan fingerprint density at radius 3 is 2.00 bits per heavy atom. The zero-order valence-corrected chi connectivity index (χ0v) is 17.2.